The van der Waals surface area contributed by atoms with E-state index in [0.29, 0.717) is 17.7 Å². The fourth-order valence-corrected chi connectivity index (χ4v) is 2.85. The topological polar surface area (TPSA) is 66.5 Å². The predicted octanol–water partition coefficient (Wildman–Crippen LogP) is 2.35. The summed E-state index contributed by atoms with van der Waals surface area (Å²) in [7, 11) is 0. The van der Waals surface area contributed by atoms with E-state index in [4.69, 9.17) is 0 Å². The van der Waals surface area contributed by atoms with Crippen LogP contribution in [0.25, 0.3) is 0 Å². The molecule has 0 bridgehead atoms. The lowest BCUT2D eigenvalue weighted by atomic mass is 10.0. The summed E-state index contributed by atoms with van der Waals surface area (Å²) in [4.78, 5) is 36.7. The maximum absolute atomic E-state index is 12.8. The highest BCUT2D eigenvalue weighted by molar-refractivity contribution is 5.98. The molecule has 3 rings (SSSR count). The van der Waals surface area contributed by atoms with Crippen LogP contribution in [0.15, 0.2) is 42.5 Å². The Bertz CT molecular complexity index is 818. The lowest BCUT2D eigenvalue weighted by molar-refractivity contribution is -0.107. The van der Waals surface area contributed by atoms with Gasteiger partial charge in [0, 0.05) is 36.3 Å². The Morgan fingerprint density at radius 1 is 1.12 bits per heavy atom. The Morgan fingerprint density at radius 3 is 2.56 bits per heavy atom. The molecule has 2 aromatic carbocycles. The van der Waals surface area contributed by atoms with Gasteiger partial charge in [0.25, 0.3) is 5.91 Å². The number of carbonyl (C=O) groups excluding carboxylic acids is 3. The van der Waals surface area contributed by atoms with Crippen LogP contribution in [0, 0.1) is 5.82 Å². The zero-order valence-corrected chi connectivity index (χ0v) is 13.5. The number of carbonyl (C=O) groups is 3. The van der Waals surface area contributed by atoms with Crippen LogP contribution in [-0.2, 0) is 11.2 Å². The molecule has 0 aliphatic carbocycles. The normalized spacial score (nSPS) is 12.6. The monoisotopic (exact) mass is 340 g/mol. The van der Waals surface area contributed by atoms with Gasteiger partial charge < -0.3 is 10.2 Å². The first kappa shape index (κ1) is 16.8. The first-order chi connectivity index (χ1) is 12.1. The van der Waals surface area contributed by atoms with Gasteiger partial charge in [-0.05, 0) is 54.4 Å². The number of rotatable bonds is 6. The van der Waals surface area contributed by atoms with Crippen molar-refractivity contribution >= 4 is 23.8 Å². The van der Waals surface area contributed by atoms with Gasteiger partial charge in [0.1, 0.15) is 5.82 Å². The van der Waals surface area contributed by atoms with E-state index < -0.39 is 5.82 Å². The van der Waals surface area contributed by atoms with Crippen molar-refractivity contribution in [2.75, 3.05) is 18.0 Å². The average Bonchev–Trinajstić information content (AvgIpc) is 3.04. The van der Waals surface area contributed by atoms with E-state index >= 15 is 0 Å². The second kappa shape index (κ2) is 7.25. The Labute approximate surface area is 144 Å². The minimum absolute atomic E-state index is 0.0771. The third kappa shape index (κ3) is 3.74. The number of nitrogens with zero attached hydrogens (tertiary/aromatic N) is 1. The molecular formula is C19H17FN2O3. The molecule has 1 aliphatic rings. The molecule has 2 aromatic rings. The van der Waals surface area contributed by atoms with Gasteiger partial charge in [-0.25, -0.2) is 4.39 Å². The van der Waals surface area contributed by atoms with E-state index in [0.717, 1.165) is 24.1 Å². The molecule has 0 radical (unpaired) electrons. The van der Waals surface area contributed by atoms with Crippen molar-refractivity contribution in [1.29, 1.82) is 0 Å². The summed E-state index contributed by atoms with van der Waals surface area (Å²) in [5.41, 5.74) is 2.74. The molecular weight excluding hydrogens is 323 g/mol. The van der Waals surface area contributed by atoms with Crippen molar-refractivity contribution in [3.63, 3.8) is 0 Å². The van der Waals surface area contributed by atoms with Gasteiger partial charge in [-0.3, -0.25) is 14.4 Å². The van der Waals surface area contributed by atoms with Crippen LogP contribution >= 0.6 is 0 Å². The number of hydrogen-bond donors (Lipinski definition) is 1. The van der Waals surface area contributed by atoms with Crippen molar-refractivity contribution in [2.45, 2.75) is 12.8 Å². The van der Waals surface area contributed by atoms with Gasteiger partial charge in [0.05, 0.1) is 0 Å². The Kier molecular flexibility index (Phi) is 4.88. The van der Waals surface area contributed by atoms with Gasteiger partial charge >= 0.3 is 0 Å². The Hall–Kier alpha value is -3.02. The molecule has 2 amide bonds. The molecule has 128 valence electrons. The summed E-state index contributed by atoms with van der Waals surface area (Å²) >= 11 is 0. The van der Waals surface area contributed by atoms with Crippen molar-refractivity contribution in [3.05, 3.63) is 65.0 Å². The van der Waals surface area contributed by atoms with Crippen molar-refractivity contribution in [1.82, 2.24) is 5.32 Å². The van der Waals surface area contributed by atoms with E-state index in [1.165, 1.54) is 24.3 Å². The maximum Gasteiger partial charge on any atom is 0.251 e. The summed E-state index contributed by atoms with van der Waals surface area (Å²) in [6.45, 7) is 0.830. The van der Waals surface area contributed by atoms with E-state index in [-0.39, 0.29) is 24.7 Å². The third-order valence-electron chi connectivity index (χ3n) is 4.20. The highest BCUT2D eigenvalue weighted by Gasteiger charge is 2.19. The minimum Gasteiger partial charge on any atom is -0.352 e. The van der Waals surface area contributed by atoms with Crippen molar-refractivity contribution in [2.24, 2.45) is 0 Å². The molecule has 0 saturated carbocycles. The van der Waals surface area contributed by atoms with Gasteiger partial charge in [0.15, 0.2) is 5.78 Å². The first-order valence-electron chi connectivity index (χ1n) is 8.00. The molecule has 1 N–H and O–H groups in total. The quantitative estimate of drug-likeness (QED) is 0.648. The molecule has 0 unspecified atom stereocenters. The summed E-state index contributed by atoms with van der Waals surface area (Å²) in [6, 6.07) is 10.5. The first-order valence-corrected chi connectivity index (χ1v) is 8.00. The highest BCUT2D eigenvalue weighted by atomic mass is 19.1. The van der Waals surface area contributed by atoms with Crippen LogP contribution in [0.4, 0.5) is 10.1 Å². The largest absolute Gasteiger partial charge is 0.352 e. The number of amides is 2. The van der Waals surface area contributed by atoms with E-state index in [2.05, 4.69) is 5.32 Å². The number of fused-ring (bicyclic) bond motifs is 1. The smallest absolute Gasteiger partial charge is 0.251 e. The second-order valence-electron chi connectivity index (χ2n) is 5.83. The molecule has 0 spiro atoms. The van der Waals surface area contributed by atoms with Crippen LogP contribution in [0.2, 0.25) is 0 Å². The summed E-state index contributed by atoms with van der Waals surface area (Å²) in [5.74, 6) is -0.827. The van der Waals surface area contributed by atoms with Crippen LogP contribution < -0.4 is 10.2 Å². The summed E-state index contributed by atoms with van der Waals surface area (Å²) in [5, 5.41) is 2.65. The zero-order valence-electron chi connectivity index (χ0n) is 13.5. The Balaban J connectivity index is 1.55. The number of hydrogen-bond acceptors (Lipinski definition) is 3. The average molecular weight is 340 g/mol. The third-order valence-corrected chi connectivity index (χ3v) is 4.20. The number of benzene rings is 2. The fourth-order valence-electron chi connectivity index (χ4n) is 2.85. The summed E-state index contributed by atoms with van der Waals surface area (Å²) in [6.07, 6.45) is 1.69. The van der Waals surface area contributed by atoms with Crippen molar-refractivity contribution < 1.29 is 18.8 Å². The number of ketones is 1. The van der Waals surface area contributed by atoms with Crippen LogP contribution in [0.3, 0.4) is 0 Å². The standard InChI is InChI=1S/C19H17FN2O3/c20-16-4-1-13(2-5-16)19(25)21-9-7-18(24)15-3-6-17-14(11-15)8-10-22(17)12-23/h1-6,11-12H,7-10H2,(H,21,25). The Morgan fingerprint density at radius 2 is 1.84 bits per heavy atom. The number of halogens is 1. The van der Waals surface area contributed by atoms with E-state index in [1.54, 1.807) is 17.0 Å². The zero-order chi connectivity index (χ0) is 17.8. The van der Waals surface area contributed by atoms with Gasteiger partial charge in [-0.1, -0.05) is 0 Å². The van der Waals surface area contributed by atoms with E-state index in [9.17, 15) is 18.8 Å². The number of Topliss-reactive ketones (excluding diaryl/α,β-unsaturated/α-hetero) is 1. The second-order valence-corrected chi connectivity index (χ2v) is 5.83. The van der Waals surface area contributed by atoms with Crippen LogP contribution in [-0.4, -0.2) is 31.2 Å². The lowest BCUT2D eigenvalue weighted by Crippen LogP contribution is -2.26. The number of nitrogens with one attached hydrogen (secondary N) is 1. The lowest BCUT2D eigenvalue weighted by Gasteiger charge is -2.10. The highest BCUT2D eigenvalue weighted by Crippen LogP contribution is 2.27. The van der Waals surface area contributed by atoms with Crippen LogP contribution in [0.1, 0.15) is 32.7 Å². The SMILES string of the molecule is O=CN1CCc2cc(C(=O)CCNC(=O)c3ccc(F)cc3)ccc21. The molecule has 1 aliphatic heterocycles. The van der Waals surface area contributed by atoms with Crippen LogP contribution in [0.5, 0.6) is 0 Å². The molecule has 5 nitrogen and oxygen atoms in total. The molecule has 6 heteroatoms. The molecule has 25 heavy (non-hydrogen) atoms. The van der Waals surface area contributed by atoms with Crippen molar-refractivity contribution in [3.8, 4) is 0 Å². The molecule has 0 aromatic heterocycles. The minimum atomic E-state index is -0.406. The molecule has 1 heterocycles. The maximum atomic E-state index is 12.8. The van der Waals surface area contributed by atoms with E-state index in [1.807, 2.05) is 6.07 Å². The molecule has 0 atom stereocenters. The predicted molar refractivity (Wildman–Crippen MR) is 91.2 cm³/mol. The molecule has 0 saturated heterocycles. The molecule has 0 fully saturated rings. The number of anilines is 1. The summed E-state index contributed by atoms with van der Waals surface area (Å²) < 4.78 is 12.8. The van der Waals surface area contributed by atoms with Gasteiger partial charge in [-0.2, -0.15) is 0 Å². The van der Waals surface area contributed by atoms with Gasteiger partial charge in [0.2, 0.25) is 6.41 Å². The fraction of sp³-hybridized carbons (Fsp3) is 0.211. The van der Waals surface area contributed by atoms with Gasteiger partial charge in [-0.15, -0.1) is 0 Å².